The van der Waals surface area contributed by atoms with Crippen molar-refractivity contribution in [1.29, 1.82) is 0 Å². The van der Waals surface area contributed by atoms with Crippen molar-refractivity contribution < 1.29 is 4.74 Å². The molecule has 1 aliphatic heterocycles. The number of methoxy groups -OCH3 is 1. The van der Waals surface area contributed by atoms with Crippen molar-refractivity contribution in [3.63, 3.8) is 0 Å². The molecule has 1 saturated heterocycles. The summed E-state index contributed by atoms with van der Waals surface area (Å²) in [6.07, 6.45) is 1.72. The molecule has 25 heavy (non-hydrogen) atoms. The molecule has 1 aliphatic rings. The van der Waals surface area contributed by atoms with Crippen molar-refractivity contribution >= 4 is 11.5 Å². The number of aromatic nitrogens is 6. The first kappa shape index (κ1) is 15.7. The first-order chi connectivity index (χ1) is 12.1. The highest BCUT2D eigenvalue weighted by molar-refractivity contribution is 5.47. The smallest absolute Gasteiger partial charge is 0.316 e. The zero-order valence-corrected chi connectivity index (χ0v) is 14.5. The second kappa shape index (κ2) is 6.25. The van der Waals surface area contributed by atoms with E-state index in [9.17, 15) is 0 Å². The molecule has 9 heteroatoms. The van der Waals surface area contributed by atoms with Gasteiger partial charge in [-0.15, -0.1) is 15.3 Å². The Morgan fingerprint density at radius 3 is 2.88 bits per heavy atom. The molecule has 0 aromatic carbocycles. The number of hydrogen-bond donors (Lipinski definition) is 0. The van der Waals surface area contributed by atoms with Gasteiger partial charge >= 0.3 is 6.01 Å². The third-order valence-corrected chi connectivity index (χ3v) is 4.50. The molecule has 0 atom stereocenters. The van der Waals surface area contributed by atoms with Crippen LogP contribution in [0.3, 0.4) is 0 Å². The Kier molecular flexibility index (Phi) is 3.92. The van der Waals surface area contributed by atoms with Gasteiger partial charge in [0.25, 0.3) is 0 Å². The van der Waals surface area contributed by atoms with Gasteiger partial charge in [0, 0.05) is 31.9 Å². The lowest BCUT2D eigenvalue weighted by molar-refractivity contribution is 0.194. The maximum absolute atomic E-state index is 5.08. The number of nitrogens with zero attached hydrogens (tertiary/aromatic N) is 8. The molecule has 3 aromatic rings. The van der Waals surface area contributed by atoms with E-state index in [-0.39, 0.29) is 0 Å². The van der Waals surface area contributed by atoms with E-state index in [0.29, 0.717) is 12.1 Å². The molecule has 0 N–H and O–H groups in total. The Morgan fingerprint density at radius 1 is 1.24 bits per heavy atom. The van der Waals surface area contributed by atoms with Crippen molar-refractivity contribution in [2.45, 2.75) is 19.5 Å². The van der Waals surface area contributed by atoms with Crippen LogP contribution in [0.4, 0.5) is 5.82 Å². The van der Waals surface area contributed by atoms with Crippen LogP contribution in [0.25, 0.3) is 5.65 Å². The van der Waals surface area contributed by atoms with Gasteiger partial charge in [0.1, 0.15) is 5.82 Å². The SMILES string of the molecule is COc1nccc(CN(C)C2CN(c3ccc4nnc(C)n4n3)C2)n1. The summed E-state index contributed by atoms with van der Waals surface area (Å²) in [5, 5.41) is 12.7. The van der Waals surface area contributed by atoms with Crippen molar-refractivity contribution in [1.82, 2.24) is 34.7 Å². The zero-order valence-electron chi connectivity index (χ0n) is 14.5. The van der Waals surface area contributed by atoms with Crippen molar-refractivity contribution in [3.05, 3.63) is 35.9 Å². The van der Waals surface area contributed by atoms with Gasteiger partial charge in [-0.1, -0.05) is 0 Å². The van der Waals surface area contributed by atoms with Crippen LogP contribution in [0.2, 0.25) is 0 Å². The number of ether oxygens (including phenoxy) is 1. The van der Waals surface area contributed by atoms with E-state index < -0.39 is 0 Å². The summed E-state index contributed by atoms with van der Waals surface area (Å²) in [5.74, 6) is 1.74. The summed E-state index contributed by atoms with van der Waals surface area (Å²) >= 11 is 0. The number of rotatable bonds is 5. The van der Waals surface area contributed by atoms with Crippen molar-refractivity contribution in [2.75, 3.05) is 32.1 Å². The normalized spacial score (nSPS) is 15.0. The van der Waals surface area contributed by atoms with Gasteiger partial charge in [-0.3, -0.25) is 4.90 Å². The fourth-order valence-corrected chi connectivity index (χ4v) is 2.92. The van der Waals surface area contributed by atoms with Crippen LogP contribution >= 0.6 is 0 Å². The Bertz CT molecular complexity index is 889. The number of fused-ring (bicyclic) bond motifs is 1. The van der Waals surface area contributed by atoms with E-state index in [2.05, 4.69) is 42.1 Å². The predicted molar refractivity (Wildman–Crippen MR) is 91.6 cm³/mol. The van der Waals surface area contributed by atoms with E-state index in [4.69, 9.17) is 4.74 Å². The standard InChI is InChI=1S/C16H20N8O/c1-11-19-20-14-4-5-15(21-24(11)14)23-9-13(10-23)22(2)8-12-6-7-17-16(18-12)25-3/h4-7,13H,8-10H2,1-3H3. The molecule has 4 heterocycles. The van der Waals surface area contributed by atoms with E-state index >= 15 is 0 Å². The summed E-state index contributed by atoms with van der Waals surface area (Å²) < 4.78 is 6.86. The van der Waals surface area contributed by atoms with Crippen LogP contribution in [0.1, 0.15) is 11.5 Å². The van der Waals surface area contributed by atoms with E-state index in [0.717, 1.165) is 42.6 Å². The Morgan fingerprint density at radius 2 is 2.08 bits per heavy atom. The minimum Gasteiger partial charge on any atom is -0.467 e. The minimum absolute atomic E-state index is 0.406. The Labute approximate surface area is 145 Å². The second-order valence-corrected chi connectivity index (χ2v) is 6.22. The number of likely N-dealkylation sites (N-methyl/N-ethyl adjacent to an activating group) is 1. The monoisotopic (exact) mass is 340 g/mol. The molecule has 0 saturated carbocycles. The summed E-state index contributed by atoms with van der Waals surface area (Å²) in [5.41, 5.74) is 1.72. The van der Waals surface area contributed by atoms with Crippen LogP contribution in [-0.2, 0) is 6.54 Å². The van der Waals surface area contributed by atoms with Gasteiger partial charge in [-0.05, 0) is 32.2 Å². The fraction of sp³-hybridized carbons (Fsp3) is 0.438. The maximum Gasteiger partial charge on any atom is 0.316 e. The first-order valence-electron chi connectivity index (χ1n) is 8.14. The second-order valence-electron chi connectivity index (χ2n) is 6.22. The Balaban J connectivity index is 1.39. The highest BCUT2D eigenvalue weighted by Crippen LogP contribution is 2.22. The molecule has 3 aromatic heterocycles. The van der Waals surface area contributed by atoms with Crippen LogP contribution < -0.4 is 9.64 Å². The average molecular weight is 340 g/mol. The van der Waals surface area contributed by atoms with Crippen LogP contribution in [0.5, 0.6) is 6.01 Å². The number of hydrogen-bond acceptors (Lipinski definition) is 8. The lowest BCUT2D eigenvalue weighted by Crippen LogP contribution is -2.58. The molecule has 0 unspecified atom stereocenters. The minimum atomic E-state index is 0.406. The highest BCUT2D eigenvalue weighted by Gasteiger charge is 2.31. The molecule has 0 aliphatic carbocycles. The van der Waals surface area contributed by atoms with E-state index in [1.54, 1.807) is 17.8 Å². The summed E-state index contributed by atoms with van der Waals surface area (Å²) in [6, 6.07) is 6.73. The zero-order chi connectivity index (χ0) is 17.4. The summed E-state index contributed by atoms with van der Waals surface area (Å²) in [6.45, 7) is 4.52. The molecule has 0 radical (unpaired) electrons. The number of aryl methyl sites for hydroxylation is 1. The quantitative estimate of drug-likeness (QED) is 0.666. The average Bonchev–Trinajstić information content (AvgIpc) is 2.94. The summed E-state index contributed by atoms with van der Waals surface area (Å²) in [7, 11) is 3.69. The first-order valence-corrected chi connectivity index (χ1v) is 8.14. The molecule has 0 spiro atoms. The molecule has 0 bridgehead atoms. The van der Waals surface area contributed by atoms with Crippen LogP contribution in [0.15, 0.2) is 24.4 Å². The van der Waals surface area contributed by atoms with Crippen LogP contribution in [-0.4, -0.2) is 68.0 Å². The predicted octanol–water partition coefficient (Wildman–Crippen LogP) is 0.552. The van der Waals surface area contributed by atoms with Gasteiger partial charge in [0.2, 0.25) is 0 Å². The van der Waals surface area contributed by atoms with E-state index in [1.807, 2.05) is 25.1 Å². The largest absolute Gasteiger partial charge is 0.467 e. The number of anilines is 1. The lowest BCUT2D eigenvalue weighted by Gasteiger charge is -2.44. The third kappa shape index (κ3) is 2.98. The molecular formula is C16H20N8O. The van der Waals surface area contributed by atoms with Gasteiger partial charge in [-0.25, -0.2) is 4.98 Å². The molecule has 1 fully saturated rings. The van der Waals surface area contributed by atoms with Crippen LogP contribution in [0, 0.1) is 6.92 Å². The molecule has 0 amide bonds. The van der Waals surface area contributed by atoms with Crippen molar-refractivity contribution in [2.24, 2.45) is 0 Å². The summed E-state index contributed by atoms with van der Waals surface area (Å²) in [4.78, 5) is 13.0. The third-order valence-electron chi connectivity index (χ3n) is 4.50. The molecule has 130 valence electrons. The van der Waals surface area contributed by atoms with Gasteiger partial charge in [0.15, 0.2) is 11.5 Å². The van der Waals surface area contributed by atoms with Crippen molar-refractivity contribution in [3.8, 4) is 6.01 Å². The molecular weight excluding hydrogens is 320 g/mol. The van der Waals surface area contributed by atoms with Gasteiger partial charge < -0.3 is 9.64 Å². The van der Waals surface area contributed by atoms with Gasteiger partial charge in [0.05, 0.1) is 12.8 Å². The fourth-order valence-electron chi connectivity index (χ4n) is 2.92. The van der Waals surface area contributed by atoms with E-state index in [1.165, 1.54) is 0 Å². The Hall–Kier alpha value is -2.81. The highest BCUT2D eigenvalue weighted by atomic mass is 16.5. The van der Waals surface area contributed by atoms with Gasteiger partial charge in [-0.2, -0.15) is 9.50 Å². The lowest BCUT2D eigenvalue weighted by atomic mass is 10.1. The molecule has 9 nitrogen and oxygen atoms in total. The maximum atomic E-state index is 5.08. The topological polar surface area (TPSA) is 84.6 Å². The molecule has 4 rings (SSSR count).